The molecule has 2 aliphatic rings. The number of halogens is 2. The first kappa shape index (κ1) is 27.9. The average molecular weight is 600 g/mol. The molecule has 1 aliphatic heterocycles. The van der Waals surface area contributed by atoms with Crippen LogP contribution in [0.2, 0.25) is 0 Å². The van der Waals surface area contributed by atoms with Gasteiger partial charge in [-0.1, -0.05) is 127 Å². The largest absolute Gasteiger partial charge is 0.324 e. The van der Waals surface area contributed by atoms with Crippen LogP contribution in [0, 0.1) is 5.41 Å². The van der Waals surface area contributed by atoms with Crippen LogP contribution in [0.3, 0.4) is 0 Å². The van der Waals surface area contributed by atoms with Crippen LogP contribution in [0.1, 0.15) is 50.5 Å². The Morgan fingerprint density at radius 2 is 1.30 bits per heavy atom. The Balaban J connectivity index is 1.25. The standard InChI is InChI=1S/C36H27F2N5S/c37-36(38)29-18-16-25(32(40)44-31(39)22-10-4-1-5-11-22)20-27(29)28-21-26(17-19-30(28)36)35-42-33(23-12-6-2-7-13-23)41-34(43-35)24-14-8-3-9-15-24/h1-21,31,33,40H,39H2,(H,41,42,43). The minimum Gasteiger partial charge on any atom is -0.324 e. The Kier molecular flexibility index (Phi) is 7.16. The molecule has 8 heteroatoms. The highest BCUT2D eigenvalue weighted by atomic mass is 32.2. The molecule has 0 fully saturated rings. The van der Waals surface area contributed by atoms with Gasteiger partial charge in [0.1, 0.15) is 11.7 Å². The summed E-state index contributed by atoms with van der Waals surface area (Å²) in [6.07, 6.45) is -0.498. The van der Waals surface area contributed by atoms with Crippen molar-refractivity contribution in [1.82, 2.24) is 5.32 Å². The topological polar surface area (TPSA) is 86.6 Å². The number of aliphatic imine (C=N–C) groups is 2. The molecule has 216 valence electrons. The van der Waals surface area contributed by atoms with Crippen LogP contribution in [-0.4, -0.2) is 16.7 Å². The number of amidine groups is 2. The fraction of sp³-hybridized carbons (Fsp3) is 0.0833. The molecular weight excluding hydrogens is 572 g/mol. The minimum atomic E-state index is -3.16. The van der Waals surface area contributed by atoms with Crippen LogP contribution in [0.25, 0.3) is 11.1 Å². The molecule has 5 aromatic rings. The average Bonchev–Trinajstić information content (AvgIpc) is 3.30. The van der Waals surface area contributed by atoms with E-state index in [1.807, 2.05) is 91.0 Å². The van der Waals surface area contributed by atoms with Crippen molar-refractivity contribution in [2.45, 2.75) is 17.5 Å². The summed E-state index contributed by atoms with van der Waals surface area (Å²) < 4.78 is 31.4. The molecule has 0 spiro atoms. The van der Waals surface area contributed by atoms with E-state index in [4.69, 9.17) is 21.1 Å². The van der Waals surface area contributed by atoms with Gasteiger partial charge in [0.05, 0.1) is 10.4 Å². The number of nitrogens with one attached hydrogen (secondary N) is 2. The van der Waals surface area contributed by atoms with Crippen molar-refractivity contribution in [1.29, 1.82) is 5.41 Å². The first-order chi connectivity index (χ1) is 21.4. The maximum atomic E-state index is 15.7. The molecule has 1 aliphatic carbocycles. The van der Waals surface area contributed by atoms with E-state index < -0.39 is 17.5 Å². The van der Waals surface area contributed by atoms with E-state index in [2.05, 4.69) is 5.32 Å². The summed E-state index contributed by atoms with van der Waals surface area (Å²) in [6, 6.07) is 38.6. The fourth-order valence-electron chi connectivity index (χ4n) is 5.53. The monoisotopic (exact) mass is 599 g/mol. The summed E-state index contributed by atoms with van der Waals surface area (Å²) in [5.41, 5.74) is 10.9. The predicted molar refractivity (Wildman–Crippen MR) is 174 cm³/mol. The SMILES string of the molecule is N=C(SC(N)c1ccccc1)c1ccc2c(c1)-c1cc(C3=NC(c4ccccc4)N=C(c4ccccc4)N3)ccc1C2(F)F. The second-order valence-corrected chi connectivity index (χ2v) is 11.8. The summed E-state index contributed by atoms with van der Waals surface area (Å²) in [7, 11) is 0. The summed E-state index contributed by atoms with van der Waals surface area (Å²) in [5.74, 6) is -1.97. The van der Waals surface area contributed by atoms with E-state index in [1.165, 1.54) is 23.9 Å². The van der Waals surface area contributed by atoms with Crippen LogP contribution in [0.5, 0.6) is 0 Å². The van der Waals surface area contributed by atoms with Crippen molar-refractivity contribution in [3.63, 3.8) is 0 Å². The quantitative estimate of drug-likeness (QED) is 0.105. The number of hydrogen-bond acceptors (Lipinski definition) is 6. The highest BCUT2D eigenvalue weighted by Gasteiger charge is 2.44. The summed E-state index contributed by atoms with van der Waals surface area (Å²) in [5, 5.41) is 11.8. The Morgan fingerprint density at radius 3 is 1.98 bits per heavy atom. The first-order valence-corrected chi connectivity index (χ1v) is 15.0. The van der Waals surface area contributed by atoms with Crippen LogP contribution >= 0.6 is 11.8 Å². The van der Waals surface area contributed by atoms with Crippen LogP contribution in [0.4, 0.5) is 8.78 Å². The number of hydrogen-bond donors (Lipinski definition) is 3. The lowest BCUT2D eigenvalue weighted by atomic mass is 10.0. The molecule has 7 rings (SSSR count). The maximum Gasteiger partial charge on any atom is 0.299 e. The number of thioether (sulfide) groups is 1. The van der Waals surface area contributed by atoms with Crippen molar-refractivity contribution < 1.29 is 8.78 Å². The number of benzene rings is 5. The number of fused-ring (bicyclic) bond motifs is 3. The van der Waals surface area contributed by atoms with Gasteiger partial charge in [0.25, 0.3) is 5.92 Å². The van der Waals surface area contributed by atoms with E-state index in [0.717, 1.165) is 16.7 Å². The highest BCUT2D eigenvalue weighted by Crippen LogP contribution is 2.51. The molecule has 0 saturated heterocycles. The van der Waals surface area contributed by atoms with Gasteiger partial charge >= 0.3 is 0 Å². The molecule has 0 bridgehead atoms. The van der Waals surface area contributed by atoms with E-state index in [0.29, 0.717) is 33.9 Å². The van der Waals surface area contributed by atoms with Crippen molar-refractivity contribution in [2.24, 2.45) is 15.7 Å². The Hall–Kier alpha value is -4.92. The van der Waals surface area contributed by atoms with Gasteiger partial charge in [-0.25, -0.2) is 9.98 Å². The predicted octanol–water partition coefficient (Wildman–Crippen LogP) is 8.02. The molecule has 44 heavy (non-hydrogen) atoms. The lowest BCUT2D eigenvalue weighted by Crippen LogP contribution is -2.36. The van der Waals surface area contributed by atoms with Crippen molar-refractivity contribution in [3.05, 3.63) is 166 Å². The minimum absolute atomic E-state index is 0.0680. The summed E-state index contributed by atoms with van der Waals surface area (Å²) in [4.78, 5) is 9.77. The third-order valence-electron chi connectivity index (χ3n) is 7.80. The van der Waals surface area contributed by atoms with Gasteiger partial charge in [0.2, 0.25) is 0 Å². The molecule has 0 amide bonds. The van der Waals surface area contributed by atoms with E-state index >= 15 is 8.78 Å². The zero-order chi connectivity index (χ0) is 30.3. The van der Waals surface area contributed by atoms with Crippen molar-refractivity contribution >= 4 is 28.5 Å². The van der Waals surface area contributed by atoms with Gasteiger partial charge in [0, 0.05) is 27.8 Å². The van der Waals surface area contributed by atoms with Gasteiger partial charge in [-0.05, 0) is 34.4 Å². The summed E-state index contributed by atoms with van der Waals surface area (Å²) >= 11 is 1.19. The molecule has 5 aromatic carbocycles. The molecule has 4 N–H and O–H groups in total. The molecule has 1 heterocycles. The number of alkyl halides is 2. The number of rotatable bonds is 6. The fourth-order valence-corrected chi connectivity index (χ4v) is 6.35. The van der Waals surface area contributed by atoms with Gasteiger partial charge in [0.15, 0.2) is 6.17 Å². The number of nitrogens with zero attached hydrogens (tertiary/aromatic N) is 2. The Labute approximate surface area is 258 Å². The van der Waals surface area contributed by atoms with Crippen LogP contribution in [-0.2, 0) is 5.92 Å². The van der Waals surface area contributed by atoms with Crippen molar-refractivity contribution in [2.75, 3.05) is 0 Å². The smallest absolute Gasteiger partial charge is 0.299 e. The van der Waals surface area contributed by atoms with Crippen molar-refractivity contribution in [3.8, 4) is 11.1 Å². The van der Waals surface area contributed by atoms with E-state index in [1.54, 1.807) is 24.3 Å². The van der Waals surface area contributed by atoms with Crippen LogP contribution < -0.4 is 11.1 Å². The second kappa shape index (κ2) is 11.3. The highest BCUT2D eigenvalue weighted by molar-refractivity contribution is 8.14. The van der Waals surface area contributed by atoms with Gasteiger partial charge in [-0.3, -0.25) is 5.41 Å². The first-order valence-electron chi connectivity index (χ1n) is 14.2. The molecule has 2 unspecified atom stereocenters. The zero-order valence-electron chi connectivity index (χ0n) is 23.4. The second-order valence-electron chi connectivity index (χ2n) is 10.6. The zero-order valence-corrected chi connectivity index (χ0v) is 24.2. The van der Waals surface area contributed by atoms with Gasteiger partial charge < -0.3 is 11.1 Å². The molecule has 2 atom stereocenters. The lowest BCUT2D eigenvalue weighted by molar-refractivity contribution is 0.0480. The molecular formula is C36H27F2N5S. The third-order valence-corrected chi connectivity index (χ3v) is 8.80. The normalized spacial score (nSPS) is 17.0. The number of nitrogens with two attached hydrogens (primary N) is 1. The van der Waals surface area contributed by atoms with Crippen LogP contribution in [0.15, 0.2) is 137 Å². The summed E-state index contributed by atoms with van der Waals surface area (Å²) in [6.45, 7) is 0. The van der Waals surface area contributed by atoms with E-state index in [-0.39, 0.29) is 16.2 Å². The molecule has 0 saturated carbocycles. The maximum absolute atomic E-state index is 15.7. The van der Waals surface area contributed by atoms with Gasteiger partial charge in [-0.15, -0.1) is 0 Å². The Morgan fingerprint density at radius 1 is 0.727 bits per heavy atom. The van der Waals surface area contributed by atoms with Gasteiger partial charge in [-0.2, -0.15) is 8.78 Å². The Bertz CT molecular complexity index is 1930. The third kappa shape index (κ3) is 5.12. The molecule has 5 nitrogen and oxygen atoms in total. The lowest BCUT2D eigenvalue weighted by Gasteiger charge is -2.22. The van der Waals surface area contributed by atoms with E-state index in [9.17, 15) is 0 Å². The molecule has 0 aromatic heterocycles. The molecule has 0 radical (unpaired) electrons.